The second-order valence-corrected chi connectivity index (χ2v) is 7.10. The van der Waals surface area contributed by atoms with Crippen LogP contribution in [0.15, 0.2) is 58.4 Å². The van der Waals surface area contributed by atoms with Crippen LogP contribution in [0.5, 0.6) is 0 Å². The summed E-state index contributed by atoms with van der Waals surface area (Å²) in [6.45, 7) is 4.42. The van der Waals surface area contributed by atoms with Crippen LogP contribution >= 0.6 is 27.3 Å². The van der Waals surface area contributed by atoms with Crippen LogP contribution in [0, 0.1) is 0 Å². The largest absolute Gasteiger partial charge is 0.236 e. The molecule has 0 unspecified atom stereocenters. The van der Waals surface area contributed by atoms with E-state index in [9.17, 15) is 0 Å². The van der Waals surface area contributed by atoms with Gasteiger partial charge in [0.1, 0.15) is 5.01 Å². The van der Waals surface area contributed by atoms with Gasteiger partial charge < -0.3 is 0 Å². The molecule has 3 aromatic rings. The van der Waals surface area contributed by atoms with Crippen LogP contribution in [0.25, 0.3) is 21.8 Å². The predicted molar refractivity (Wildman–Crippen MR) is 94.8 cm³/mol. The first-order valence-electron chi connectivity index (χ1n) is 6.95. The lowest BCUT2D eigenvalue weighted by molar-refractivity contribution is 0.867. The van der Waals surface area contributed by atoms with Gasteiger partial charge in [0.15, 0.2) is 0 Å². The fourth-order valence-corrected chi connectivity index (χ4v) is 3.42. The van der Waals surface area contributed by atoms with E-state index in [0.717, 1.165) is 20.7 Å². The van der Waals surface area contributed by atoms with Gasteiger partial charge in [0.05, 0.1) is 5.69 Å². The zero-order valence-corrected chi connectivity index (χ0v) is 14.4. The zero-order valence-electron chi connectivity index (χ0n) is 12.0. The van der Waals surface area contributed by atoms with E-state index in [2.05, 4.69) is 71.6 Å². The summed E-state index contributed by atoms with van der Waals surface area (Å²) in [6.07, 6.45) is 0. The van der Waals surface area contributed by atoms with E-state index in [1.54, 1.807) is 11.3 Å². The molecule has 0 N–H and O–H groups in total. The lowest BCUT2D eigenvalue weighted by Crippen LogP contribution is -1.86. The molecular formula is C18H16BrNS. The Hall–Kier alpha value is -1.45. The molecule has 3 heteroatoms. The molecule has 0 aliphatic heterocycles. The van der Waals surface area contributed by atoms with Gasteiger partial charge in [-0.2, -0.15) is 0 Å². The van der Waals surface area contributed by atoms with E-state index in [4.69, 9.17) is 4.98 Å². The van der Waals surface area contributed by atoms with E-state index in [1.165, 1.54) is 11.1 Å². The summed E-state index contributed by atoms with van der Waals surface area (Å²) < 4.78 is 1.08. The van der Waals surface area contributed by atoms with Gasteiger partial charge in [-0.3, -0.25) is 0 Å². The normalized spacial score (nSPS) is 11.0. The minimum atomic E-state index is 0.562. The highest BCUT2D eigenvalue weighted by molar-refractivity contribution is 9.10. The highest BCUT2D eigenvalue weighted by Gasteiger charge is 2.07. The van der Waals surface area contributed by atoms with Crippen molar-refractivity contribution in [1.82, 2.24) is 4.98 Å². The first kappa shape index (κ1) is 14.5. The van der Waals surface area contributed by atoms with Crippen molar-refractivity contribution in [3.05, 3.63) is 63.9 Å². The quantitative estimate of drug-likeness (QED) is 0.531. The maximum absolute atomic E-state index is 4.76. The number of halogens is 1. The Bertz CT molecular complexity index is 744. The number of hydrogen-bond acceptors (Lipinski definition) is 2. The van der Waals surface area contributed by atoms with E-state index < -0.39 is 0 Å². The van der Waals surface area contributed by atoms with Crippen LogP contribution < -0.4 is 0 Å². The molecule has 106 valence electrons. The summed E-state index contributed by atoms with van der Waals surface area (Å²) >= 11 is 5.19. The van der Waals surface area contributed by atoms with E-state index >= 15 is 0 Å². The van der Waals surface area contributed by atoms with Crippen LogP contribution in [0.3, 0.4) is 0 Å². The van der Waals surface area contributed by atoms with E-state index in [1.807, 2.05) is 12.1 Å². The smallest absolute Gasteiger partial charge is 0.124 e. The van der Waals surface area contributed by atoms with Crippen LogP contribution in [0.1, 0.15) is 25.3 Å². The third-order valence-electron chi connectivity index (χ3n) is 3.45. The topological polar surface area (TPSA) is 12.9 Å². The number of thiazole rings is 1. The molecule has 0 amide bonds. The van der Waals surface area contributed by atoms with Crippen molar-refractivity contribution in [1.29, 1.82) is 0 Å². The second-order valence-electron chi connectivity index (χ2n) is 5.32. The molecule has 0 fully saturated rings. The lowest BCUT2D eigenvalue weighted by Gasteiger charge is -2.05. The molecule has 0 aliphatic carbocycles. The molecule has 0 radical (unpaired) electrons. The standard InChI is InChI=1S/C18H16BrNS/c1-12(2)13-6-8-14(9-7-13)17-11-21-18(20-17)15-4-3-5-16(19)10-15/h3-12H,1-2H3. The molecule has 21 heavy (non-hydrogen) atoms. The molecule has 0 atom stereocenters. The Morgan fingerprint density at radius 2 is 1.76 bits per heavy atom. The molecule has 1 heterocycles. The maximum Gasteiger partial charge on any atom is 0.124 e. The van der Waals surface area contributed by atoms with Crippen molar-refractivity contribution < 1.29 is 0 Å². The number of rotatable bonds is 3. The summed E-state index contributed by atoms with van der Waals surface area (Å²) in [5.74, 6) is 0.562. The van der Waals surface area contributed by atoms with Crippen molar-refractivity contribution in [2.24, 2.45) is 0 Å². The number of nitrogens with zero attached hydrogens (tertiary/aromatic N) is 1. The Balaban J connectivity index is 1.91. The number of hydrogen-bond donors (Lipinski definition) is 0. The van der Waals surface area contributed by atoms with Gasteiger partial charge in [0, 0.05) is 21.0 Å². The Morgan fingerprint density at radius 1 is 1.00 bits per heavy atom. The summed E-state index contributed by atoms with van der Waals surface area (Å²) in [7, 11) is 0. The maximum atomic E-state index is 4.76. The first-order valence-corrected chi connectivity index (χ1v) is 8.62. The van der Waals surface area contributed by atoms with Gasteiger partial charge in [-0.15, -0.1) is 11.3 Å². The lowest BCUT2D eigenvalue weighted by atomic mass is 10.0. The van der Waals surface area contributed by atoms with Gasteiger partial charge >= 0.3 is 0 Å². The Labute approximate surface area is 137 Å². The third kappa shape index (κ3) is 3.25. The van der Waals surface area contributed by atoms with Crippen LogP contribution in [-0.4, -0.2) is 4.98 Å². The molecule has 2 aromatic carbocycles. The van der Waals surface area contributed by atoms with Gasteiger partial charge in [-0.1, -0.05) is 66.2 Å². The molecule has 3 rings (SSSR count). The van der Waals surface area contributed by atoms with Crippen molar-refractivity contribution in [3.63, 3.8) is 0 Å². The fourth-order valence-electron chi connectivity index (χ4n) is 2.20. The van der Waals surface area contributed by atoms with Gasteiger partial charge in [0.2, 0.25) is 0 Å². The van der Waals surface area contributed by atoms with Gasteiger partial charge in [-0.25, -0.2) is 4.98 Å². The molecule has 0 bridgehead atoms. The molecular weight excluding hydrogens is 342 g/mol. The number of aromatic nitrogens is 1. The second kappa shape index (κ2) is 6.12. The summed E-state index contributed by atoms with van der Waals surface area (Å²) in [6, 6.07) is 17.0. The predicted octanol–water partition coefficient (Wildman–Crippen LogP) is 6.36. The third-order valence-corrected chi connectivity index (χ3v) is 4.83. The van der Waals surface area contributed by atoms with Gasteiger partial charge in [-0.05, 0) is 23.6 Å². The Morgan fingerprint density at radius 3 is 2.43 bits per heavy atom. The molecule has 0 spiro atoms. The van der Waals surface area contributed by atoms with Crippen LogP contribution in [-0.2, 0) is 0 Å². The van der Waals surface area contributed by atoms with Crippen molar-refractivity contribution in [2.75, 3.05) is 0 Å². The van der Waals surface area contributed by atoms with Crippen LogP contribution in [0.4, 0.5) is 0 Å². The minimum Gasteiger partial charge on any atom is -0.236 e. The van der Waals surface area contributed by atoms with Crippen LogP contribution in [0.2, 0.25) is 0 Å². The SMILES string of the molecule is CC(C)c1ccc(-c2csc(-c3cccc(Br)c3)n2)cc1. The van der Waals surface area contributed by atoms with E-state index in [0.29, 0.717) is 5.92 Å². The Kier molecular flexibility index (Phi) is 4.22. The van der Waals surface area contributed by atoms with Crippen molar-refractivity contribution in [3.8, 4) is 21.8 Å². The summed E-state index contributed by atoms with van der Waals surface area (Å²) in [5.41, 5.74) is 4.74. The zero-order chi connectivity index (χ0) is 14.8. The monoisotopic (exact) mass is 357 g/mol. The molecule has 0 aliphatic rings. The first-order chi connectivity index (χ1) is 10.1. The molecule has 0 saturated carbocycles. The molecule has 1 aromatic heterocycles. The average molecular weight is 358 g/mol. The number of benzene rings is 2. The highest BCUT2D eigenvalue weighted by Crippen LogP contribution is 2.30. The highest BCUT2D eigenvalue weighted by atomic mass is 79.9. The average Bonchev–Trinajstić information content (AvgIpc) is 2.97. The van der Waals surface area contributed by atoms with Gasteiger partial charge in [0.25, 0.3) is 0 Å². The summed E-state index contributed by atoms with van der Waals surface area (Å²) in [5, 5.41) is 3.18. The minimum absolute atomic E-state index is 0.562. The fraction of sp³-hybridized carbons (Fsp3) is 0.167. The molecule has 0 saturated heterocycles. The van der Waals surface area contributed by atoms with E-state index in [-0.39, 0.29) is 0 Å². The van der Waals surface area contributed by atoms with Crippen molar-refractivity contribution >= 4 is 27.3 Å². The molecule has 1 nitrogen and oxygen atoms in total. The van der Waals surface area contributed by atoms with Crippen molar-refractivity contribution in [2.45, 2.75) is 19.8 Å². The summed E-state index contributed by atoms with van der Waals surface area (Å²) in [4.78, 5) is 4.76.